The summed E-state index contributed by atoms with van der Waals surface area (Å²) in [7, 11) is 3.88. The number of nitrogens with one attached hydrogen (secondary N) is 1. The fourth-order valence-corrected chi connectivity index (χ4v) is 5.31. The number of carbonyl (C=O) groups is 1. The summed E-state index contributed by atoms with van der Waals surface area (Å²) in [6, 6.07) is 18.6. The molecule has 1 N–H and O–H groups in total. The Balaban J connectivity index is 1.37. The minimum atomic E-state index is 0.0247. The van der Waals surface area contributed by atoms with Crippen LogP contribution in [0.3, 0.4) is 0 Å². The number of hydrogen-bond acceptors (Lipinski definition) is 5. The molecule has 0 unspecified atom stereocenters. The molecule has 2 aromatic rings. The van der Waals surface area contributed by atoms with Crippen LogP contribution in [0.25, 0.3) is 0 Å². The number of nitrogens with zero attached hydrogens (tertiary/aromatic N) is 3. The van der Waals surface area contributed by atoms with E-state index in [9.17, 15) is 4.79 Å². The van der Waals surface area contributed by atoms with Gasteiger partial charge < -0.3 is 24.8 Å². The molecule has 2 aliphatic heterocycles. The van der Waals surface area contributed by atoms with Gasteiger partial charge in [-0.3, -0.25) is 4.79 Å². The first-order chi connectivity index (χ1) is 16.6. The van der Waals surface area contributed by atoms with Crippen molar-refractivity contribution in [1.29, 1.82) is 0 Å². The maximum absolute atomic E-state index is 13.3. The summed E-state index contributed by atoms with van der Waals surface area (Å²) in [5.74, 6) is 1.54. The van der Waals surface area contributed by atoms with Crippen LogP contribution in [0, 0.1) is 11.8 Å². The number of likely N-dealkylation sites (tertiary alicyclic amines) is 1. The van der Waals surface area contributed by atoms with E-state index in [1.165, 1.54) is 5.56 Å². The van der Waals surface area contributed by atoms with Gasteiger partial charge in [-0.05, 0) is 37.4 Å². The van der Waals surface area contributed by atoms with Crippen molar-refractivity contribution in [1.82, 2.24) is 20.0 Å². The third-order valence-electron chi connectivity index (χ3n) is 7.30. The minimum absolute atomic E-state index is 0.0247. The van der Waals surface area contributed by atoms with Crippen molar-refractivity contribution in [3.05, 3.63) is 65.7 Å². The first-order valence-electron chi connectivity index (χ1n) is 12.7. The molecule has 0 radical (unpaired) electrons. The highest BCUT2D eigenvalue weighted by Crippen LogP contribution is 2.25. The van der Waals surface area contributed by atoms with Gasteiger partial charge in [-0.25, -0.2) is 0 Å². The van der Waals surface area contributed by atoms with Gasteiger partial charge >= 0.3 is 0 Å². The number of methoxy groups -OCH3 is 1. The van der Waals surface area contributed by atoms with Crippen LogP contribution in [0.5, 0.6) is 5.75 Å². The van der Waals surface area contributed by atoms with E-state index >= 15 is 0 Å². The summed E-state index contributed by atoms with van der Waals surface area (Å²) < 4.78 is 5.45. The van der Waals surface area contributed by atoms with Crippen LogP contribution in [0.2, 0.25) is 0 Å². The normalized spacial score (nSPS) is 22.4. The molecule has 184 valence electrons. The number of hydrogen-bond donors (Lipinski definition) is 1. The summed E-state index contributed by atoms with van der Waals surface area (Å²) in [4.78, 5) is 20.8. The summed E-state index contributed by atoms with van der Waals surface area (Å²) in [5.41, 5.74) is 2.38. The van der Waals surface area contributed by atoms with Crippen molar-refractivity contribution in [2.45, 2.75) is 19.4 Å². The Morgan fingerprint density at radius 3 is 2.47 bits per heavy atom. The number of benzene rings is 2. The van der Waals surface area contributed by atoms with Crippen LogP contribution < -0.4 is 10.1 Å². The summed E-state index contributed by atoms with van der Waals surface area (Å²) in [6.07, 6.45) is 1.99. The van der Waals surface area contributed by atoms with E-state index < -0.39 is 0 Å². The van der Waals surface area contributed by atoms with Crippen molar-refractivity contribution >= 4 is 5.91 Å². The lowest BCUT2D eigenvalue weighted by atomic mass is 9.87. The number of carbonyl (C=O) groups excluding carboxylic acids is 1. The number of para-hydroxylation sites is 1. The Kier molecular flexibility index (Phi) is 8.97. The van der Waals surface area contributed by atoms with E-state index in [4.69, 9.17) is 4.74 Å². The second-order valence-corrected chi connectivity index (χ2v) is 9.93. The third-order valence-corrected chi connectivity index (χ3v) is 7.30. The fraction of sp³-hybridized carbons (Fsp3) is 0.536. The predicted octanol–water partition coefficient (Wildman–Crippen LogP) is 2.74. The van der Waals surface area contributed by atoms with Crippen LogP contribution in [-0.2, 0) is 17.8 Å². The van der Waals surface area contributed by atoms with Crippen LogP contribution >= 0.6 is 0 Å². The molecule has 0 bridgehead atoms. The number of piperidine rings is 1. The molecule has 2 aliphatic rings. The van der Waals surface area contributed by atoms with Gasteiger partial charge in [0.15, 0.2) is 0 Å². The molecule has 6 heteroatoms. The molecular weight excluding hydrogens is 424 g/mol. The fourth-order valence-electron chi connectivity index (χ4n) is 5.31. The molecule has 2 aromatic carbocycles. The van der Waals surface area contributed by atoms with Crippen LogP contribution in [0.4, 0.5) is 0 Å². The molecule has 0 spiro atoms. The highest BCUT2D eigenvalue weighted by molar-refractivity contribution is 5.79. The van der Waals surface area contributed by atoms with E-state index in [1.807, 2.05) is 24.3 Å². The van der Waals surface area contributed by atoms with Crippen LogP contribution in [0.15, 0.2) is 54.6 Å². The Morgan fingerprint density at radius 2 is 1.71 bits per heavy atom. The molecule has 2 atom stereocenters. The number of ether oxygens (including phenoxy) is 1. The average molecular weight is 465 g/mol. The molecule has 2 heterocycles. The Morgan fingerprint density at radius 1 is 0.971 bits per heavy atom. The Bertz CT molecular complexity index is 898. The first kappa shape index (κ1) is 24.7. The van der Waals surface area contributed by atoms with E-state index in [1.54, 1.807) is 7.11 Å². The zero-order chi connectivity index (χ0) is 23.8. The molecule has 34 heavy (non-hydrogen) atoms. The van der Waals surface area contributed by atoms with Crippen LogP contribution in [0.1, 0.15) is 17.5 Å². The topological polar surface area (TPSA) is 48.1 Å². The Hall–Kier alpha value is -2.41. The van der Waals surface area contributed by atoms with Gasteiger partial charge in [-0.1, -0.05) is 48.5 Å². The zero-order valence-electron chi connectivity index (χ0n) is 20.8. The molecular formula is C28H40N4O2. The lowest BCUT2D eigenvalue weighted by molar-refractivity contribution is -0.127. The highest BCUT2D eigenvalue weighted by Gasteiger charge is 2.32. The molecule has 1 amide bonds. The van der Waals surface area contributed by atoms with Crippen LogP contribution in [-0.4, -0.2) is 87.1 Å². The second kappa shape index (κ2) is 12.3. The molecule has 6 nitrogen and oxygen atoms in total. The molecule has 2 saturated heterocycles. The van der Waals surface area contributed by atoms with Crippen molar-refractivity contribution in [2.75, 3.05) is 66.5 Å². The van der Waals surface area contributed by atoms with Crippen molar-refractivity contribution in [3.63, 3.8) is 0 Å². The number of rotatable bonds is 9. The van der Waals surface area contributed by atoms with Gasteiger partial charge in [0.1, 0.15) is 5.75 Å². The maximum Gasteiger partial charge on any atom is 0.224 e. The van der Waals surface area contributed by atoms with Crippen molar-refractivity contribution in [3.8, 4) is 5.75 Å². The molecule has 0 saturated carbocycles. The molecule has 0 aromatic heterocycles. The monoisotopic (exact) mass is 464 g/mol. The van der Waals surface area contributed by atoms with Gasteiger partial charge in [0.05, 0.1) is 13.0 Å². The maximum atomic E-state index is 13.3. The van der Waals surface area contributed by atoms with Gasteiger partial charge in [-0.15, -0.1) is 0 Å². The quantitative estimate of drug-likeness (QED) is 0.619. The second-order valence-electron chi connectivity index (χ2n) is 9.93. The standard InChI is InChI=1S/C28H40N4O2/c1-30-14-16-31(17-15-30)20-24-18-26(22-32(21-24)13-12-23-8-4-3-5-9-23)28(33)29-19-25-10-6-7-11-27(25)34-2/h3-11,24,26H,12-22H2,1-2H3,(H,29,33)/t24-,26-/m1/s1. The predicted molar refractivity (Wildman–Crippen MR) is 137 cm³/mol. The molecule has 2 fully saturated rings. The lowest BCUT2D eigenvalue weighted by Gasteiger charge is -2.41. The summed E-state index contributed by atoms with van der Waals surface area (Å²) in [5, 5.41) is 3.20. The lowest BCUT2D eigenvalue weighted by Crippen LogP contribution is -2.51. The van der Waals surface area contributed by atoms with Gasteiger partial charge in [0, 0.05) is 64.5 Å². The summed E-state index contributed by atoms with van der Waals surface area (Å²) in [6.45, 7) is 9.03. The Labute approximate surface area is 204 Å². The van der Waals surface area contributed by atoms with Gasteiger partial charge in [-0.2, -0.15) is 0 Å². The smallest absolute Gasteiger partial charge is 0.224 e. The third kappa shape index (κ3) is 7.05. The molecule has 4 rings (SSSR count). The van der Waals surface area contributed by atoms with E-state index in [-0.39, 0.29) is 11.8 Å². The zero-order valence-corrected chi connectivity index (χ0v) is 20.8. The van der Waals surface area contributed by atoms with Crippen molar-refractivity contribution < 1.29 is 9.53 Å². The van der Waals surface area contributed by atoms with Gasteiger partial charge in [0.2, 0.25) is 5.91 Å². The SMILES string of the molecule is COc1ccccc1CNC(=O)[C@@H]1C[C@H](CN2CCN(C)CC2)CN(CCc2ccccc2)C1. The van der Waals surface area contributed by atoms with E-state index in [2.05, 4.69) is 57.4 Å². The number of piperazine rings is 1. The largest absolute Gasteiger partial charge is 0.496 e. The number of likely N-dealkylation sites (N-methyl/N-ethyl adjacent to an activating group) is 1. The highest BCUT2D eigenvalue weighted by atomic mass is 16.5. The van der Waals surface area contributed by atoms with Crippen molar-refractivity contribution in [2.24, 2.45) is 11.8 Å². The summed E-state index contributed by atoms with van der Waals surface area (Å²) >= 11 is 0. The number of amides is 1. The minimum Gasteiger partial charge on any atom is -0.496 e. The average Bonchev–Trinajstić information content (AvgIpc) is 2.88. The van der Waals surface area contributed by atoms with Gasteiger partial charge in [0.25, 0.3) is 0 Å². The van der Waals surface area contributed by atoms with E-state index in [0.29, 0.717) is 12.5 Å². The van der Waals surface area contributed by atoms with E-state index in [0.717, 1.165) is 76.5 Å². The first-order valence-corrected chi connectivity index (χ1v) is 12.7. The molecule has 0 aliphatic carbocycles.